The van der Waals surface area contributed by atoms with Gasteiger partial charge in [0.2, 0.25) is 5.91 Å². The molecular formula is C17H31NO3. The van der Waals surface area contributed by atoms with E-state index in [9.17, 15) is 9.59 Å². The molecular weight excluding hydrogens is 266 g/mol. The number of ether oxygens (including phenoxy) is 1. The predicted octanol–water partition coefficient (Wildman–Crippen LogP) is 3.73. The van der Waals surface area contributed by atoms with Gasteiger partial charge in [-0.05, 0) is 12.8 Å². The van der Waals surface area contributed by atoms with Crippen molar-refractivity contribution in [3.63, 3.8) is 0 Å². The van der Waals surface area contributed by atoms with Crippen LogP contribution in [0.1, 0.15) is 84.0 Å². The van der Waals surface area contributed by atoms with Crippen LogP contribution in [0.4, 0.5) is 0 Å². The zero-order valence-corrected chi connectivity index (χ0v) is 13.5. The Hall–Kier alpha value is -1.06. The Morgan fingerprint density at radius 3 is 2.14 bits per heavy atom. The average Bonchev–Trinajstić information content (AvgIpc) is 2.91. The molecule has 1 rings (SSSR count). The highest BCUT2D eigenvalue weighted by molar-refractivity contribution is 5.87. The van der Waals surface area contributed by atoms with Crippen LogP contribution in [0, 0.1) is 0 Å². The lowest BCUT2D eigenvalue weighted by Crippen LogP contribution is -2.34. The van der Waals surface area contributed by atoms with Gasteiger partial charge in [0.25, 0.3) is 0 Å². The molecule has 0 aromatic rings. The first-order chi connectivity index (χ1) is 10.2. The minimum Gasteiger partial charge on any atom is -0.464 e. The molecule has 0 saturated carbocycles. The van der Waals surface area contributed by atoms with E-state index in [1.54, 1.807) is 0 Å². The number of unbranched alkanes of at least 4 members (excludes halogenated alkanes) is 9. The van der Waals surface area contributed by atoms with Crippen LogP contribution in [0.2, 0.25) is 0 Å². The molecule has 0 bridgehead atoms. The second-order valence-electron chi connectivity index (χ2n) is 6.01. The summed E-state index contributed by atoms with van der Waals surface area (Å²) in [6, 6.07) is -0.402. The molecule has 0 aliphatic carbocycles. The van der Waals surface area contributed by atoms with Crippen LogP contribution in [-0.2, 0) is 14.3 Å². The van der Waals surface area contributed by atoms with Crippen LogP contribution >= 0.6 is 0 Å². The first-order valence-corrected chi connectivity index (χ1v) is 8.70. The van der Waals surface area contributed by atoms with Crippen molar-refractivity contribution in [2.75, 3.05) is 6.61 Å². The maximum atomic E-state index is 11.6. The second-order valence-corrected chi connectivity index (χ2v) is 6.01. The lowest BCUT2D eigenvalue weighted by atomic mass is 10.1. The molecule has 0 spiro atoms. The van der Waals surface area contributed by atoms with Gasteiger partial charge in [-0.25, -0.2) is 4.79 Å². The minimum absolute atomic E-state index is 0.0455. The van der Waals surface area contributed by atoms with E-state index in [1.807, 2.05) is 0 Å². The molecule has 1 unspecified atom stereocenters. The molecule has 1 N–H and O–H groups in total. The standard InChI is InChI=1S/C17H31NO3/c1-2-3-4-5-6-7-8-9-10-11-14-21-17(20)15-12-13-16(19)18-15/h15H,2-14H2,1H3,(H,18,19). The van der Waals surface area contributed by atoms with Crippen molar-refractivity contribution in [1.29, 1.82) is 0 Å². The molecule has 1 fully saturated rings. The summed E-state index contributed by atoms with van der Waals surface area (Å²) in [4.78, 5) is 22.6. The van der Waals surface area contributed by atoms with Crippen LogP contribution in [0.3, 0.4) is 0 Å². The van der Waals surface area contributed by atoms with E-state index < -0.39 is 6.04 Å². The monoisotopic (exact) mass is 297 g/mol. The molecule has 1 atom stereocenters. The maximum Gasteiger partial charge on any atom is 0.328 e. The number of amides is 1. The van der Waals surface area contributed by atoms with Crippen molar-refractivity contribution in [3.8, 4) is 0 Å². The largest absolute Gasteiger partial charge is 0.464 e. The van der Waals surface area contributed by atoms with Gasteiger partial charge >= 0.3 is 5.97 Å². The summed E-state index contributed by atoms with van der Waals surface area (Å²) in [6.07, 6.45) is 13.7. The fraction of sp³-hybridized carbons (Fsp3) is 0.882. The molecule has 0 aromatic heterocycles. The molecule has 4 heteroatoms. The zero-order chi connectivity index (χ0) is 15.3. The smallest absolute Gasteiger partial charge is 0.328 e. The van der Waals surface area contributed by atoms with Crippen molar-refractivity contribution in [2.45, 2.75) is 90.0 Å². The van der Waals surface area contributed by atoms with Crippen molar-refractivity contribution < 1.29 is 14.3 Å². The van der Waals surface area contributed by atoms with E-state index in [1.165, 1.54) is 51.4 Å². The summed E-state index contributed by atoms with van der Waals surface area (Å²) in [5, 5.41) is 2.63. The van der Waals surface area contributed by atoms with E-state index in [4.69, 9.17) is 4.74 Å². The third-order valence-corrected chi connectivity index (χ3v) is 4.02. The molecule has 1 saturated heterocycles. The van der Waals surface area contributed by atoms with E-state index >= 15 is 0 Å². The van der Waals surface area contributed by atoms with Crippen molar-refractivity contribution >= 4 is 11.9 Å². The van der Waals surface area contributed by atoms with Gasteiger partial charge in [-0.1, -0.05) is 64.7 Å². The molecule has 1 aliphatic rings. The predicted molar refractivity (Wildman–Crippen MR) is 84.0 cm³/mol. The summed E-state index contributed by atoms with van der Waals surface area (Å²) >= 11 is 0. The lowest BCUT2D eigenvalue weighted by molar-refractivity contribution is -0.146. The Morgan fingerprint density at radius 2 is 1.62 bits per heavy atom. The first kappa shape index (κ1) is 18.0. The van der Waals surface area contributed by atoms with Gasteiger partial charge < -0.3 is 10.1 Å². The van der Waals surface area contributed by atoms with Crippen LogP contribution in [0.25, 0.3) is 0 Å². The first-order valence-electron chi connectivity index (χ1n) is 8.70. The Kier molecular flexibility index (Phi) is 9.92. The van der Waals surface area contributed by atoms with Crippen molar-refractivity contribution in [1.82, 2.24) is 5.32 Å². The minimum atomic E-state index is -0.402. The summed E-state index contributed by atoms with van der Waals surface area (Å²) in [6.45, 7) is 2.73. The topological polar surface area (TPSA) is 55.4 Å². The van der Waals surface area contributed by atoms with Crippen molar-refractivity contribution in [3.05, 3.63) is 0 Å². The van der Waals surface area contributed by atoms with Gasteiger partial charge in [0.1, 0.15) is 6.04 Å². The van der Waals surface area contributed by atoms with E-state index in [-0.39, 0.29) is 11.9 Å². The quantitative estimate of drug-likeness (QED) is 0.441. The molecule has 1 amide bonds. The molecule has 21 heavy (non-hydrogen) atoms. The fourth-order valence-corrected chi connectivity index (χ4v) is 2.65. The van der Waals surface area contributed by atoms with Gasteiger partial charge in [-0.3, -0.25) is 4.79 Å². The molecule has 1 aliphatic heterocycles. The van der Waals surface area contributed by atoms with E-state index in [0.717, 1.165) is 12.8 Å². The van der Waals surface area contributed by atoms with Crippen LogP contribution in [0.15, 0.2) is 0 Å². The molecule has 122 valence electrons. The highest BCUT2D eigenvalue weighted by Gasteiger charge is 2.28. The normalized spacial score (nSPS) is 17.8. The number of esters is 1. The van der Waals surface area contributed by atoms with Crippen LogP contribution < -0.4 is 5.32 Å². The lowest BCUT2D eigenvalue weighted by Gasteiger charge is -2.09. The van der Waals surface area contributed by atoms with Gasteiger partial charge in [0.05, 0.1) is 6.61 Å². The average molecular weight is 297 g/mol. The maximum absolute atomic E-state index is 11.6. The number of nitrogens with one attached hydrogen (secondary N) is 1. The number of rotatable bonds is 12. The highest BCUT2D eigenvalue weighted by Crippen LogP contribution is 2.11. The Labute approximate surface area is 129 Å². The summed E-state index contributed by atoms with van der Waals surface area (Å²) < 4.78 is 5.19. The molecule has 0 radical (unpaired) electrons. The number of hydrogen-bond donors (Lipinski definition) is 1. The summed E-state index contributed by atoms with van der Waals surface area (Å²) in [7, 11) is 0. The van der Waals surface area contributed by atoms with Gasteiger partial charge in [0, 0.05) is 6.42 Å². The Morgan fingerprint density at radius 1 is 1.05 bits per heavy atom. The van der Waals surface area contributed by atoms with E-state index in [0.29, 0.717) is 19.4 Å². The van der Waals surface area contributed by atoms with Gasteiger partial charge in [-0.15, -0.1) is 0 Å². The number of carbonyl (C=O) groups excluding carboxylic acids is 2. The highest BCUT2D eigenvalue weighted by atomic mass is 16.5. The number of carbonyl (C=O) groups is 2. The van der Waals surface area contributed by atoms with E-state index in [2.05, 4.69) is 12.2 Å². The SMILES string of the molecule is CCCCCCCCCCCCOC(=O)C1CCC(=O)N1. The summed E-state index contributed by atoms with van der Waals surface area (Å²) in [5.74, 6) is -0.312. The molecule has 1 heterocycles. The third kappa shape index (κ3) is 8.74. The zero-order valence-electron chi connectivity index (χ0n) is 13.5. The summed E-state index contributed by atoms with van der Waals surface area (Å²) in [5.41, 5.74) is 0. The Balaban J connectivity index is 1.82. The fourth-order valence-electron chi connectivity index (χ4n) is 2.65. The van der Waals surface area contributed by atoms with Gasteiger partial charge in [-0.2, -0.15) is 0 Å². The Bertz CT molecular complexity index is 304. The molecule has 4 nitrogen and oxygen atoms in total. The molecule has 0 aromatic carbocycles. The van der Waals surface area contributed by atoms with Crippen molar-refractivity contribution in [2.24, 2.45) is 0 Å². The number of hydrogen-bond acceptors (Lipinski definition) is 3. The third-order valence-electron chi connectivity index (χ3n) is 4.02. The second kappa shape index (κ2) is 11.6. The van der Waals surface area contributed by atoms with Gasteiger partial charge in [0.15, 0.2) is 0 Å². The van der Waals surface area contributed by atoms with Crippen LogP contribution in [0.5, 0.6) is 0 Å². The van der Waals surface area contributed by atoms with Crippen LogP contribution in [-0.4, -0.2) is 24.5 Å².